The molecule has 2 atom stereocenters. The molecule has 1 amide bonds. The van der Waals surface area contributed by atoms with Gasteiger partial charge in [0.2, 0.25) is 5.91 Å². The Hall–Kier alpha value is -2.50. The maximum atomic E-state index is 12.2. The number of hydrogen-bond acceptors (Lipinski definition) is 3. The highest BCUT2D eigenvalue weighted by molar-refractivity contribution is 6.31. The molecule has 1 fully saturated rings. The Morgan fingerprint density at radius 1 is 1.25 bits per heavy atom. The summed E-state index contributed by atoms with van der Waals surface area (Å²) in [6, 6.07) is 12.2. The molecule has 1 aromatic heterocycles. The summed E-state index contributed by atoms with van der Waals surface area (Å²) in [6.07, 6.45) is 3.96. The number of H-pyrrole nitrogens is 1. The van der Waals surface area contributed by atoms with Crippen LogP contribution >= 0.6 is 11.6 Å². The van der Waals surface area contributed by atoms with Crippen molar-refractivity contribution < 1.29 is 14.3 Å². The van der Waals surface area contributed by atoms with Crippen LogP contribution in [0.4, 0.5) is 0 Å². The number of fused-ring (bicyclic) bond motifs is 2. The quantitative estimate of drug-likeness (QED) is 0.698. The van der Waals surface area contributed by atoms with Gasteiger partial charge in [0.15, 0.2) is 0 Å². The Balaban J connectivity index is 1.36. The fraction of sp³-hybridized carbons (Fsp3) is 0.318. The average molecular weight is 397 g/mol. The molecule has 28 heavy (non-hydrogen) atoms. The number of ether oxygens (including phenoxy) is 2. The van der Waals surface area contributed by atoms with Crippen molar-refractivity contribution in [1.82, 2.24) is 10.3 Å². The molecule has 2 N–H and O–H groups in total. The summed E-state index contributed by atoms with van der Waals surface area (Å²) in [5.74, 6) is 0.809. The molecule has 0 aliphatic carbocycles. The van der Waals surface area contributed by atoms with Crippen LogP contribution in [0.5, 0.6) is 5.75 Å². The molecule has 3 heterocycles. The monoisotopic (exact) mass is 396 g/mol. The minimum absolute atomic E-state index is 0.0479. The first-order valence-electron chi connectivity index (χ1n) is 9.63. The van der Waals surface area contributed by atoms with Crippen molar-refractivity contribution in [3.63, 3.8) is 0 Å². The zero-order valence-corrected chi connectivity index (χ0v) is 16.1. The largest absolute Gasteiger partial charge is 0.487 e. The summed E-state index contributed by atoms with van der Waals surface area (Å²) in [5, 5.41) is 4.80. The highest BCUT2D eigenvalue weighted by Gasteiger charge is 2.29. The summed E-state index contributed by atoms with van der Waals surface area (Å²) in [4.78, 5) is 15.4. The molecule has 144 valence electrons. The predicted molar refractivity (Wildman–Crippen MR) is 109 cm³/mol. The molecule has 2 aliphatic heterocycles. The summed E-state index contributed by atoms with van der Waals surface area (Å²) >= 11 is 6.39. The van der Waals surface area contributed by atoms with Crippen molar-refractivity contribution >= 4 is 28.4 Å². The Morgan fingerprint density at radius 2 is 2.18 bits per heavy atom. The van der Waals surface area contributed by atoms with Gasteiger partial charge in [-0.15, -0.1) is 0 Å². The van der Waals surface area contributed by atoms with Crippen molar-refractivity contribution in [2.24, 2.45) is 0 Å². The molecular formula is C22H21ClN2O3. The lowest BCUT2D eigenvalue weighted by atomic mass is 9.99. The van der Waals surface area contributed by atoms with E-state index < -0.39 is 0 Å². The third-order valence-corrected chi connectivity index (χ3v) is 5.67. The molecule has 1 saturated heterocycles. The highest BCUT2D eigenvalue weighted by Crippen LogP contribution is 2.41. The number of benzene rings is 2. The van der Waals surface area contributed by atoms with Gasteiger partial charge in [-0.1, -0.05) is 17.7 Å². The molecule has 0 spiro atoms. The second-order valence-electron chi connectivity index (χ2n) is 7.41. The van der Waals surface area contributed by atoms with Crippen molar-refractivity contribution in [2.45, 2.75) is 31.5 Å². The molecule has 0 unspecified atom stereocenters. The lowest BCUT2D eigenvalue weighted by Crippen LogP contribution is -2.40. The Morgan fingerprint density at radius 3 is 3.04 bits per heavy atom. The number of halogens is 1. The van der Waals surface area contributed by atoms with E-state index in [1.54, 1.807) is 0 Å². The number of nitrogens with one attached hydrogen (secondary N) is 2. The second-order valence-corrected chi connectivity index (χ2v) is 7.85. The van der Waals surface area contributed by atoms with Gasteiger partial charge in [0.05, 0.1) is 6.54 Å². The van der Waals surface area contributed by atoms with Gasteiger partial charge in [-0.05, 0) is 54.1 Å². The van der Waals surface area contributed by atoms with Gasteiger partial charge in [0, 0.05) is 40.9 Å². The number of aromatic amines is 1. The molecule has 3 aromatic rings. The zero-order chi connectivity index (χ0) is 19.1. The van der Waals surface area contributed by atoms with Crippen molar-refractivity contribution in [2.75, 3.05) is 13.2 Å². The van der Waals surface area contributed by atoms with E-state index in [1.165, 1.54) is 0 Å². The van der Waals surface area contributed by atoms with Crippen LogP contribution in [0, 0.1) is 0 Å². The fourth-order valence-electron chi connectivity index (χ4n) is 4.06. The van der Waals surface area contributed by atoms with E-state index in [2.05, 4.69) is 28.5 Å². The third-order valence-electron chi connectivity index (χ3n) is 5.45. The van der Waals surface area contributed by atoms with Crippen LogP contribution in [0.2, 0.25) is 5.02 Å². The normalized spacial score (nSPS) is 20.9. The smallest absolute Gasteiger partial charge is 0.249 e. The van der Waals surface area contributed by atoms with Gasteiger partial charge in [0.25, 0.3) is 0 Å². The number of aromatic nitrogens is 1. The number of hydrogen-bond donors (Lipinski definition) is 2. The second kappa shape index (κ2) is 7.15. The first-order chi connectivity index (χ1) is 13.7. The van der Waals surface area contributed by atoms with Gasteiger partial charge in [0.1, 0.15) is 18.0 Å². The number of amides is 1. The van der Waals surface area contributed by atoms with Gasteiger partial charge >= 0.3 is 0 Å². The van der Waals surface area contributed by atoms with Crippen LogP contribution in [-0.2, 0) is 16.0 Å². The van der Waals surface area contributed by atoms with Gasteiger partial charge in [-0.25, -0.2) is 0 Å². The summed E-state index contributed by atoms with van der Waals surface area (Å²) < 4.78 is 11.7. The van der Waals surface area contributed by atoms with Crippen molar-refractivity contribution in [3.05, 3.63) is 53.2 Å². The maximum absolute atomic E-state index is 12.2. The number of carbonyl (C=O) groups excluding carboxylic acids is 1. The standard InChI is InChI=1S/C22H21ClN2O3/c23-16-9-15-10-17(12-25-22(26)20-2-1-7-27-20)28-21(15)18(11-16)13-3-4-19-14(8-13)5-6-24-19/h3-6,8-9,11,17,20,24H,1-2,7,10,12H2,(H,25,26)/t17-,20-/m0/s1. The van der Waals surface area contributed by atoms with Crippen molar-refractivity contribution in [3.8, 4) is 16.9 Å². The van der Waals surface area contributed by atoms with E-state index >= 15 is 0 Å². The molecule has 6 heteroatoms. The topological polar surface area (TPSA) is 63.4 Å². The van der Waals surface area contributed by atoms with E-state index in [9.17, 15) is 4.79 Å². The third kappa shape index (κ3) is 3.25. The van der Waals surface area contributed by atoms with E-state index in [0.717, 1.165) is 52.6 Å². The van der Waals surface area contributed by atoms with E-state index in [4.69, 9.17) is 21.1 Å². The van der Waals surface area contributed by atoms with Gasteiger partial charge in [-0.2, -0.15) is 0 Å². The number of rotatable bonds is 4. The zero-order valence-electron chi connectivity index (χ0n) is 15.3. The molecule has 2 aromatic carbocycles. The highest BCUT2D eigenvalue weighted by atomic mass is 35.5. The maximum Gasteiger partial charge on any atom is 0.249 e. The fourth-order valence-corrected chi connectivity index (χ4v) is 4.30. The Bertz CT molecular complexity index is 1040. The lowest BCUT2D eigenvalue weighted by Gasteiger charge is -2.15. The Labute approximate surface area is 168 Å². The van der Waals surface area contributed by atoms with Gasteiger partial charge < -0.3 is 19.8 Å². The van der Waals surface area contributed by atoms with Crippen LogP contribution in [0.3, 0.4) is 0 Å². The number of carbonyl (C=O) groups is 1. The lowest BCUT2D eigenvalue weighted by molar-refractivity contribution is -0.130. The molecule has 5 nitrogen and oxygen atoms in total. The molecule has 5 rings (SSSR count). The predicted octanol–water partition coefficient (Wildman–Crippen LogP) is 4.09. The van der Waals surface area contributed by atoms with E-state index in [0.29, 0.717) is 18.2 Å². The van der Waals surface area contributed by atoms with Crippen molar-refractivity contribution in [1.29, 1.82) is 0 Å². The van der Waals surface area contributed by atoms with E-state index in [-0.39, 0.29) is 18.1 Å². The van der Waals surface area contributed by atoms with Crippen LogP contribution in [0.1, 0.15) is 18.4 Å². The first kappa shape index (κ1) is 17.6. The summed E-state index contributed by atoms with van der Waals surface area (Å²) in [7, 11) is 0. The molecule has 0 bridgehead atoms. The minimum Gasteiger partial charge on any atom is -0.487 e. The van der Waals surface area contributed by atoms with Crippen LogP contribution < -0.4 is 10.1 Å². The van der Waals surface area contributed by atoms with Crippen LogP contribution in [-0.4, -0.2) is 36.3 Å². The summed E-state index contributed by atoms with van der Waals surface area (Å²) in [5.41, 5.74) is 4.22. The first-order valence-corrected chi connectivity index (χ1v) is 10.0. The molecular weight excluding hydrogens is 376 g/mol. The van der Waals surface area contributed by atoms with Crippen LogP contribution in [0.15, 0.2) is 42.6 Å². The summed E-state index contributed by atoms with van der Waals surface area (Å²) in [6.45, 7) is 1.12. The Kier molecular flexibility index (Phi) is 4.49. The molecule has 0 saturated carbocycles. The molecule has 2 aliphatic rings. The van der Waals surface area contributed by atoms with Gasteiger partial charge in [-0.3, -0.25) is 4.79 Å². The minimum atomic E-state index is -0.318. The molecule has 0 radical (unpaired) electrons. The average Bonchev–Trinajstić information content (AvgIpc) is 3.44. The van der Waals surface area contributed by atoms with Crippen LogP contribution in [0.25, 0.3) is 22.0 Å². The SMILES string of the molecule is O=C(NC[C@@H]1Cc2cc(Cl)cc(-c3ccc4[nH]ccc4c3)c2O1)[C@@H]1CCCO1. The van der Waals surface area contributed by atoms with E-state index in [1.807, 2.05) is 24.4 Å².